The zero-order chi connectivity index (χ0) is 19.4. The van der Waals surface area contributed by atoms with Crippen molar-refractivity contribution in [3.63, 3.8) is 0 Å². The highest BCUT2D eigenvalue weighted by atomic mass is 19.1. The van der Waals surface area contributed by atoms with Crippen LogP contribution in [0.5, 0.6) is 0 Å². The highest BCUT2D eigenvalue weighted by Crippen LogP contribution is 2.16. The molecule has 0 saturated carbocycles. The molecule has 2 heterocycles. The highest BCUT2D eigenvalue weighted by Gasteiger charge is 2.19. The van der Waals surface area contributed by atoms with Crippen molar-refractivity contribution in [3.8, 4) is 5.82 Å². The summed E-state index contributed by atoms with van der Waals surface area (Å²) in [6.45, 7) is 3.39. The van der Waals surface area contributed by atoms with Gasteiger partial charge in [0.25, 0.3) is 0 Å². The molecule has 8 heteroatoms. The number of benzene rings is 1. The molecular weight excluding hydrogens is 351 g/mol. The van der Waals surface area contributed by atoms with E-state index in [1.807, 2.05) is 0 Å². The molecule has 7 nitrogen and oxygen atoms in total. The lowest BCUT2D eigenvalue weighted by Crippen LogP contribution is -2.16. The Kier molecular flexibility index (Phi) is 5.35. The molecule has 0 N–H and O–H groups in total. The molecule has 0 spiro atoms. The Morgan fingerprint density at radius 2 is 2.00 bits per heavy atom. The molecule has 0 unspecified atom stereocenters. The second-order valence-electron chi connectivity index (χ2n) is 6.10. The van der Waals surface area contributed by atoms with Crippen LogP contribution in [0.3, 0.4) is 0 Å². The summed E-state index contributed by atoms with van der Waals surface area (Å²) < 4.78 is 20.3. The van der Waals surface area contributed by atoms with Crippen LogP contribution in [0, 0.1) is 5.82 Å². The normalized spacial score (nSPS) is 10.8. The molecule has 0 aliphatic carbocycles. The van der Waals surface area contributed by atoms with Crippen molar-refractivity contribution in [2.45, 2.75) is 26.4 Å². The van der Waals surface area contributed by atoms with Crippen LogP contribution in [0.25, 0.3) is 5.82 Å². The van der Waals surface area contributed by atoms with Crippen molar-refractivity contribution < 1.29 is 18.7 Å². The largest absolute Gasteiger partial charge is 0.459 e. The zero-order valence-corrected chi connectivity index (χ0v) is 14.8. The van der Waals surface area contributed by atoms with Gasteiger partial charge in [-0.1, -0.05) is 6.07 Å². The molecule has 3 aromatic rings. The number of ketones is 1. The van der Waals surface area contributed by atoms with Crippen molar-refractivity contribution in [1.82, 2.24) is 19.7 Å². The number of carbonyl (C=O) groups excluding carboxylic acids is 2. The number of imidazole rings is 1. The molecule has 0 aliphatic heterocycles. The smallest absolute Gasteiger partial charge is 0.338 e. The number of halogens is 1. The standard InChI is InChI=1S/C19H17FN4O3/c1-12(2)27-19(26)15-10-14(20)4-3-13(15)9-17(25)16-5-6-18(23-22-16)24-8-7-21-11-24/h3-8,10-12H,9H2,1-2H3. The molecule has 0 amide bonds. The third-order valence-electron chi connectivity index (χ3n) is 3.69. The molecule has 0 bridgehead atoms. The molecule has 27 heavy (non-hydrogen) atoms. The number of ether oxygens (including phenoxy) is 1. The monoisotopic (exact) mass is 368 g/mol. The van der Waals surface area contributed by atoms with Crippen LogP contribution < -0.4 is 0 Å². The van der Waals surface area contributed by atoms with Gasteiger partial charge in [0.2, 0.25) is 0 Å². The van der Waals surface area contributed by atoms with Crippen molar-refractivity contribution in [2.24, 2.45) is 0 Å². The first-order valence-electron chi connectivity index (χ1n) is 8.28. The summed E-state index contributed by atoms with van der Waals surface area (Å²) in [5.74, 6) is -1.07. The van der Waals surface area contributed by atoms with Crippen molar-refractivity contribution >= 4 is 11.8 Å². The average Bonchev–Trinajstić information content (AvgIpc) is 3.17. The van der Waals surface area contributed by atoms with Crippen LogP contribution in [0.4, 0.5) is 4.39 Å². The molecule has 0 fully saturated rings. The molecule has 3 rings (SSSR count). The number of rotatable bonds is 6. The topological polar surface area (TPSA) is 87.0 Å². The summed E-state index contributed by atoms with van der Waals surface area (Å²) in [5, 5.41) is 7.93. The maximum Gasteiger partial charge on any atom is 0.338 e. The Labute approximate surface area is 154 Å². The second-order valence-corrected chi connectivity index (χ2v) is 6.10. The van der Waals surface area contributed by atoms with Gasteiger partial charge in [-0.25, -0.2) is 14.2 Å². The van der Waals surface area contributed by atoms with E-state index in [1.54, 1.807) is 49.3 Å². The zero-order valence-electron chi connectivity index (χ0n) is 14.8. The van der Waals surface area contributed by atoms with E-state index in [4.69, 9.17) is 4.74 Å². The fraction of sp³-hybridized carbons (Fsp3) is 0.211. The first kappa shape index (κ1) is 18.4. The van der Waals surface area contributed by atoms with Crippen LogP contribution in [0.1, 0.15) is 40.3 Å². The van der Waals surface area contributed by atoms with E-state index in [9.17, 15) is 14.0 Å². The Morgan fingerprint density at radius 1 is 1.19 bits per heavy atom. The van der Waals surface area contributed by atoms with Gasteiger partial charge in [0.05, 0.1) is 11.7 Å². The molecule has 0 saturated heterocycles. The first-order valence-corrected chi connectivity index (χ1v) is 8.28. The highest BCUT2D eigenvalue weighted by molar-refractivity contribution is 5.98. The van der Waals surface area contributed by atoms with Crippen molar-refractivity contribution in [1.29, 1.82) is 0 Å². The maximum atomic E-state index is 13.6. The lowest BCUT2D eigenvalue weighted by molar-refractivity contribution is 0.0376. The van der Waals surface area contributed by atoms with Gasteiger partial charge in [-0.3, -0.25) is 9.36 Å². The molecule has 138 valence electrons. The number of hydrogen-bond donors (Lipinski definition) is 0. The molecule has 0 radical (unpaired) electrons. The van der Waals surface area contributed by atoms with E-state index in [1.165, 1.54) is 12.1 Å². The van der Waals surface area contributed by atoms with Gasteiger partial charge < -0.3 is 4.74 Å². The summed E-state index contributed by atoms with van der Waals surface area (Å²) in [7, 11) is 0. The fourth-order valence-corrected chi connectivity index (χ4v) is 2.44. The Morgan fingerprint density at radius 3 is 2.63 bits per heavy atom. The van der Waals surface area contributed by atoms with Crippen LogP contribution in [-0.2, 0) is 11.2 Å². The van der Waals surface area contributed by atoms with Gasteiger partial charge in [0, 0.05) is 18.8 Å². The van der Waals surface area contributed by atoms with Crippen molar-refractivity contribution in [2.75, 3.05) is 0 Å². The Bertz CT molecular complexity index is 954. The maximum absolute atomic E-state index is 13.6. The number of esters is 1. The summed E-state index contributed by atoms with van der Waals surface area (Å²) in [6.07, 6.45) is 4.40. The molecule has 2 aromatic heterocycles. The van der Waals surface area contributed by atoms with Gasteiger partial charge in [-0.2, -0.15) is 0 Å². The number of Topliss-reactive ketones (excluding diaryl/α,β-unsaturated/α-hetero) is 1. The molecule has 0 atom stereocenters. The lowest BCUT2D eigenvalue weighted by Gasteiger charge is -2.11. The van der Waals surface area contributed by atoms with Gasteiger partial charge in [0.1, 0.15) is 17.8 Å². The van der Waals surface area contributed by atoms with Crippen molar-refractivity contribution in [3.05, 3.63) is 71.7 Å². The van der Waals surface area contributed by atoms with Crippen LogP contribution in [0.15, 0.2) is 49.1 Å². The predicted octanol–water partition coefficient (Wildman–Crippen LogP) is 2.79. The lowest BCUT2D eigenvalue weighted by atomic mass is 10.0. The number of carbonyl (C=O) groups is 2. The summed E-state index contributed by atoms with van der Waals surface area (Å²) in [6, 6.07) is 6.85. The predicted molar refractivity (Wildman–Crippen MR) is 94.1 cm³/mol. The van der Waals surface area contributed by atoms with Gasteiger partial charge >= 0.3 is 5.97 Å². The van der Waals surface area contributed by atoms with Crippen LogP contribution >= 0.6 is 0 Å². The minimum Gasteiger partial charge on any atom is -0.459 e. The van der Waals surface area contributed by atoms with Gasteiger partial charge in [-0.05, 0) is 43.7 Å². The summed E-state index contributed by atoms with van der Waals surface area (Å²) >= 11 is 0. The number of hydrogen-bond acceptors (Lipinski definition) is 6. The third kappa shape index (κ3) is 4.41. The summed E-state index contributed by atoms with van der Waals surface area (Å²) in [4.78, 5) is 28.6. The Hall–Kier alpha value is -3.42. The van der Waals surface area contributed by atoms with E-state index in [-0.39, 0.29) is 29.6 Å². The van der Waals surface area contributed by atoms with E-state index in [2.05, 4.69) is 15.2 Å². The first-order chi connectivity index (χ1) is 12.9. The van der Waals surface area contributed by atoms with Crippen LogP contribution in [0.2, 0.25) is 0 Å². The van der Waals surface area contributed by atoms with Crippen LogP contribution in [-0.4, -0.2) is 37.6 Å². The minimum absolute atomic E-state index is 0.0278. The second kappa shape index (κ2) is 7.86. The third-order valence-corrected chi connectivity index (χ3v) is 3.69. The molecular formula is C19H17FN4O3. The van der Waals surface area contributed by atoms with E-state index < -0.39 is 11.8 Å². The number of nitrogens with zero attached hydrogens (tertiary/aromatic N) is 4. The fourth-order valence-electron chi connectivity index (χ4n) is 2.44. The Balaban J connectivity index is 1.80. The van der Waals surface area contributed by atoms with E-state index >= 15 is 0 Å². The summed E-state index contributed by atoms with van der Waals surface area (Å²) in [5.41, 5.74) is 0.541. The quantitative estimate of drug-likeness (QED) is 0.491. The van der Waals surface area contributed by atoms with Gasteiger partial charge in [0.15, 0.2) is 11.6 Å². The van der Waals surface area contributed by atoms with E-state index in [0.29, 0.717) is 11.4 Å². The number of aromatic nitrogens is 4. The van der Waals surface area contributed by atoms with Gasteiger partial charge in [-0.15, -0.1) is 10.2 Å². The van der Waals surface area contributed by atoms with E-state index in [0.717, 1.165) is 6.07 Å². The molecule has 0 aliphatic rings. The molecule has 1 aromatic carbocycles. The average molecular weight is 368 g/mol. The SMILES string of the molecule is CC(C)OC(=O)c1cc(F)ccc1CC(=O)c1ccc(-n2ccnc2)nn1. The minimum atomic E-state index is -0.672.